The van der Waals surface area contributed by atoms with Gasteiger partial charge in [-0.1, -0.05) is 42.8 Å². The second kappa shape index (κ2) is 7.05. The Hall–Kier alpha value is -2.44. The van der Waals surface area contributed by atoms with Gasteiger partial charge in [0, 0.05) is 11.2 Å². The predicted octanol–water partition coefficient (Wildman–Crippen LogP) is 3.24. The van der Waals surface area contributed by atoms with Gasteiger partial charge in [0.2, 0.25) is 0 Å². The fourth-order valence-corrected chi connectivity index (χ4v) is 3.83. The minimum absolute atomic E-state index is 0.0280. The lowest BCUT2D eigenvalue weighted by Crippen LogP contribution is -2.43. The third-order valence-corrected chi connectivity index (χ3v) is 5.80. The van der Waals surface area contributed by atoms with Gasteiger partial charge in [-0.05, 0) is 54.0 Å². The van der Waals surface area contributed by atoms with Crippen LogP contribution in [0.4, 0.5) is 0 Å². The summed E-state index contributed by atoms with van der Waals surface area (Å²) in [5.41, 5.74) is 0.109. The van der Waals surface area contributed by atoms with Crippen LogP contribution in [0.2, 0.25) is 5.02 Å². The highest BCUT2D eigenvalue weighted by atomic mass is 35.5. The smallest absolute Gasteiger partial charge is 0.270 e. The van der Waals surface area contributed by atoms with Crippen LogP contribution in [0.1, 0.15) is 18.1 Å². The second-order valence-corrected chi connectivity index (χ2v) is 7.96. The van der Waals surface area contributed by atoms with E-state index in [1.165, 1.54) is 18.3 Å². The number of hydrogen-bond acceptors (Lipinski definition) is 4. The quantitative estimate of drug-likeness (QED) is 0.854. The van der Waals surface area contributed by atoms with Crippen LogP contribution < -0.4 is 4.72 Å². The lowest BCUT2D eigenvalue weighted by Gasteiger charge is -2.23. The Balaban J connectivity index is 1.92. The van der Waals surface area contributed by atoms with E-state index in [0.717, 1.165) is 12.0 Å². The molecule has 0 spiro atoms. The molecule has 1 aliphatic heterocycles. The molecule has 1 heterocycles. The molecule has 0 saturated heterocycles. The van der Waals surface area contributed by atoms with E-state index < -0.39 is 21.5 Å². The van der Waals surface area contributed by atoms with Crippen molar-refractivity contribution >= 4 is 33.7 Å². The number of carbonyl (C=O) groups excluding carboxylic acids is 1. The highest BCUT2D eigenvalue weighted by Gasteiger charge is 2.40. The van der Waals surface area contributed by atoms with Crippen molar-refractivity contribution in [1.29, 1.82) is 0 Å². The Morgan fingerprint density at radius 2 is 1.77 bits per heavy atom. The molecule has 2 aromatic carbocycles. The molecule has 134 valence electrons. The molecule has 1 N–H and O–H groups in total. The first-order valence-corrected chi connectivity index (χ1v) is 9.89. The summed E-state index contributed by atoms with van der Waals surface area (Å²) in [5, 5.41) is 0.513. The molecule has 0 aliphatic carbocycles. The first kappa shape index (κ1) is 18.4. The molecular weight excluding hydrogens is 372 g/mol. The number of rotatable bonds is 5. The van der Waals surface area contributed by atoms with E-state index in [1.54, 1.807) is 48.6 Å². The molecule has 0 saturated carbocycles. The van der Waals surface area contributed by atoms with Gasteiger partial charge < -0.3 is 0 Å². The van der Waals surface area contributed by atoms with Gasteiger partial charge in [0.05, 0.1) is 4.90 Å². The van der Waals surface area contributed by atoms with Gasteiger partial charge in [-0.25, -0.2) is 13.1 Å². The van der Waals surface area contributed by atoms with Crippen molar-refractivity contribution in [1.82, 2.24) is 4.72 Å². The lowest BCUT2D eigenvalue weighted by atomic mass is 9.90. The lowest BCUT2D eigenvalue weighted by molar-refractivity contribution is -0.123. The minimum Gasteiger partial charge on any atom is -0.270 e. The average Bonchev–Trinajstić information content (AvgIpc) is 3.13. The summed E-state index contributed by atoms with van der Waals surface area (Å²) in [6.45, 7) is 1.98. The van der Waals surface area contributed by atoms with Crippen molar-refractivity contribution in [3.8, 4) is 0 Å². The van der Waals surface area contributed by atoms with Crippen molar-refractivity contribution in [3.63, 3.8) is 0 Å². The molecule has 0 bridgehead atoms. The summed E-state index contributed by atoms with van der Waals surface area (Å²) in [4.78, 5) is 17.1. The summed E-state index contributed by atoms with van der Waals surface area (Å²) in [6.07, 6.45) is 5.43. The van der Waals surface area contributed by atoms with Gasteiger partial charge >= 0.3 is 0 Å². The maximum absolute atomic E-state index is 12.9. The average molecular weight is 389 g/mol. The Morgan fingerprint density at radius 3 is 2.31 bits per heavy atom. The van der Waals surface area contributed by atoms with Crippen molar-refractivity contribution < 1.29 is 13.2 Å². The summed E-state index contributed by atoms with van der Waals surface area (Å²) >= 11 is 5.90. The molecule has 1 amide bonds. The Kier molecular flexibility index (Phi) is 4.98. The second-order valence-electron chi connectivity index (χ2n) is 5.84. The zero-order valence-corrected chi connectivity index (χ0v) is 15.6. The fourth-order valence-electron chi connectivity index (χ4n) is 2.69. The molecule has 26 heavy (non-hydrogen) atoms. The monoisotopic (exact) mass is 388 g/mol. The van der Waals surface area contributed by atoms with Crippen molar-refractivity contribution in [2.45, 2.75) is 23.8 Å². The molecule has 3 rings (SSSR count). The molecule has 2 aromatic rings. The van der Waals surface area contributed by atoms with E-state index in [-0.39, 0.29) is 4.90 Å². The Bertz CT molecular complexity index is 966. The van der Waals surface area contributed by atoms with E-state index in [9.17, 15) is 13.2 Å². The Labute approximate surface area is 157 Å². The van der Waals surface area contributed by atoms with E-state index in [0.29, 0.717) is 10.6 Å². The summed E-state index contributed by atoms with van der Waals surface area (Å²) in [7, 11) is -4.01. The van der Waals surface area contributed by atoms with E-state index >= 15 is 0 Å². The van der Waals surface area contributed by atoms with Crippen LogP contribution in [-0.2, 0) is 26.8 Å². The zero-order chi connectivity index (χ0) is 18.8. The SMILES string of the molecule is CCc1ccc(S(=O)(=O)NC(=O)C2(c3ccc(Cl)cc3)C=CC=N2)cc1. The maximum atomic E-state index is 12.9. The fraction of sp³-hybridized carbons (Fsp3) is 0.158. The van der Waals surface area contributed by atoms with Crippen LogP contribution in [0.3, 0.4) is 0 Å². The number of aliphatic imine (C=N–C) groups is 1. The van der Waals surface area contributed by atoms with E-state index in [4.69, 9.17) is 11.6 Å². The molecular formula is C19H17ClN2O3S. The third-order valence-electron chi connectivity index (χ3n) is 4.20. The molecule has 0 aromatic heterocycles. The van der Waals surface area contributed by atoms with Gasteiger partial charge in [0.25, 0.3) is 15.9 Å². The number of amides is 1. The predicted molar refractivity (Wildman–Crippen MR) is 102 cm³/mol. The number of nitrogens with zero attached hydrogens (tertiary/aromatic N) is 1. The van der Waals surface area contributed by atoms with Crippen LogP contribution in [0.25, 0.3) is 0 Å². The number of hydrogen-bond donors (Lipinski definition) is 1. The van der Waals surface area contributed by atoms with Crippen LogP contribution >= 0.6 is 11.6 Å². The number of carbonyl (C=O) groups is 1. The standard InChI is InChI=1S/C19H17ClN2O3S/c1-2-14-4-10-17(11-5-14)26(24,25)22-18(23)19(12-3-13-21-19)15-6-8-16(20)9-7-15/h3-13H,2H2,1H3,(H,22,23). The molecule has 0 fully saturated rings. The van der Waals surface area contributed by atoms with Crippen LogP contribution in [-0.4, -0.2) is 20.5 Å². The maximum Gasteiger partial charge on any atom is 0.270 e. The van der Waals surface area contributed by atoms with Crippen molar-refractivity contribution in [2.75, 3.05) is 0 Å². The highest BCUT2D eigenvalue weighted by Crippen LogP contribution is 2.32. The summed E-state index contributed by atoms with van der Waals surface area (Å²) in [5.74, 6) is -0.746. The number of aryl methyl sites for hydroxylation is 1. The Morgan fingerprint density at radius 1 is 1.12 bits per heavy atom. The molecule has 0 radical (unpaired) electrons. The van der Waals surface area contributed by atoms with E-state index in [1.807, 2.05) is 6.92 Å². The number of benzene rings is 2. The van der Waals surface area contributed by atoms with Crippen LogP contribution in [0.15, 0.2) is 70.6 Å². The molecule has 1 aliphatic rings. The normalized spacial score (nSPS) is 18.8. The molecule has 1 atom stereocenters. The van der Waals surface area contributed by atoms with Gasteiger partial charge in [-0.2, -0.15) is 0 Å². The molecule has 7 heteroatoms. The third kappa shape index (κ3) is 3.43. The molecule has 1 unspecified atom stereocenters. The largest absolute Gasteiger partial charge is 0.270 e. The summed E-state index contributed by atoms with van der Waals surface area (Å²) in [6, 6.07) is 13.0. The topological polar surface area (TPSA) is 75.6 Å². The van der Waals surface area contributed by atoms with Gasteiger partial charge in [0.15, 0.2) is 5.54 Å². The highest BCUT2D eigenvalue weighted by molar-refractivity contribution is 7.90. The van der Waals surface area contributed by atoms with Crippen LogP contribution in [0.5, 0.6) is 0 Å². The minimum atomic E-state index is -4.01. The number of halogens is 1. The van der Waals surface area contributed by atoms with E-state index in [2.05, 4.69) is 9.71 Å². The van der Waals surface area contributed by atoms with Gasteiger partial charge in [-0.3, -0.25) is 9.79 Å². The number of allylic oxidation sites excluding steroid dienone is 1. The number of sulfonamides is 1. The molecule has 5 nitrogen and oxygen atoms in total. The van der Waals surface area contributed by atoms with Gasteiger partial charge in [-0.15, -0.1) is 0 Å². The first-order valence-electron chi connectivity index (χ1n) is 8.03. The van der Waals surface area contributed by atoms with Crippen molar-refractivity contribution in [3.05, 3.63) is 76.8 Å². The zero-order valence-electron chi connectivity index (χ0n) is 14.0. The van der Waals surface area contributed by atoms with Gasteiger partial charge in [0.1, 0.15) is 0 Å². The first-order chi connectivity index (χ1) is 12.4. The number of nitrogens with one attached hydrogen (secondary N) is 1. The summed E-state index contributed by atoms with van der Waals surface area (Å²) < 4.78 is 27.3. The van der Waals surface area contributed by atoms with Crippen LogP contribution in [0, 0.1) is 0 Å². The van der Waals surface area contributed by atoms with Crippen molar-refractivity contribution in [2.24, 2.45) is 4.99 Å².